The molecule has 0 unspecified atom stereocenters. The van der Waals surface area contributed by atoms with Crippen LogP contribution in [0.5, 0.6) is 5.75 Å². The van der Waals surface area contributed by atoms with Gasteiger partial charge in [-0.3, -0.25) is 0 Å². The summed E-state index contributed by atoms with van der Waals surface area (Å²) in [7, 11) is -3.59. The van der Waals surface area contributed by atoms with Gasteiger partial charge in [-0.2, -0.15) is 8.42 Å². The molecule has 0 radical (unpaired) electrons. The monoisotopic (exact) mass is 187 g/mol. The Morgan fingerprint density at radius 1 is 1.25 bits per heavy atom. The van der Waals surface area contributed by atoms with Crippen LogP contribution < -0.4 is 9.92 Å². The maximum atomic E-state index is 10.8. The second-order valence-electron chi connectivity index (χ2n) is 2.12. The van der Waals surface area contributed by atoms with E-state index in [-0.39, 0.29) is 5.75 Å². The Kier molecular flexibility index (Phi) is 2.67. The Labute approximate surface area is 71.1 Å². The minimum atomic E-state index is -3.59. The van der Waals surface area contributed by atoms with E-state index in [9.17, 15) is 8.42 Å². The number of rotatable bonds is 3. The second kappa shape index (κ2) is 3.55. The van der Waals surface area contributed by atoms with Gasteiger partial charge in [0.1, 0.15) is 11.6 Å². The van der Waals surface area contributed by atoms with Crippen LogP contribution in [0.4, 0.5) is 0 Å². The van der Waals surface area contributed by atoms with Crippen molar-refractivity contribution in [2.45, 2.75) is 0 Å². The number of nitrogens with two attached hydrogens (primary N) is 1. The molecule has 0 saturated heterocycles. The van der Waals surface area contributed by atoms with E-state index in [4.69, 9.17) is 5.73 Å². The van der Waals surface area contributed by atoms with Gasteiger partial charge >= 0.3 is 10.1 Å². The summed E-state index contributed by atoms with van der Waals surface area (Å²) in [5.41, 5.74) is 4.94. The SMILES string of the molecule is NCS(=O)(=O)Oc1ccccc1. The van der Waals surface area contributed by atoms with Gasteiger partial charge in [-0.25, -0.2) is 0 Å². The molecule has 0 aliphatic rings. The smallest absolute Gasteiger partial charge is 0.322 e. The summed E-state index contributed by atoms with van der Waals surface area (Å²) in [5.74, 6) is -0.232. The molecule has 4 nitrogen and oxygen atoms in total. The zero-order valence-electron chi connectivity index (χ0n) is 6.30. The average Bonchev–Trinajstić information content (AvgIpc) is 2.06. The molecule has 12 heavy (non-hydrogen) atoms. The molecule has 2 N–H and O–H groups in total. The van der Waals surface area contributed by atoms with Crippen molar-refractivity contribution >= 4 is 10.1 Å². The fraction of sp³-hybridized carbons (Fsp3) is 0.143. The van der Waals surface area contributed by atoms with Gasteiger partial charge in [0, 0.05) is 0 Å². The molecule has 0 fully saturated rings. The van der Waals surface area contributed by atoms with E-state index in [1.807, 2.05) is 0 Å². The van der Waals surface area contributed by atoms with Gasteiger partial charge in [0.05, 0.1) is 0 Å². The van der Waals surface area contributed by atoms with Gasteiger partial charge in [-0.05, 0) is 12.1 Å². The highest BCUT2D eigenvalue weighted by molar-refractivity contribution is 7.87. The van der Waals surface area contributed by atoms with Crippen LogP contribution in [-0.2, 0) is 10.1 Å². The molecule has 0 saturated carbocycles. The van der Waals surface area contributed by atoms with E-state index in [0.717, 1.165) is 0 Å². The molecular formula is C7H9NO3S. The maximum Gasteiger partial charge on any atom is 0.322 e. The van der Waals surface area contributed by atoms with Gasteiger partial charge < -0.3 is 9.92 Å². The summed E-state index contributed by atoms with van der Waals surface area (Å²) in [6.07, 6.45) is 0. The molecule has 0 aromatic heterocycles. The van der Waals surface area contributed by atoms with E-state index < -0.39 is 16.0 Å². The third kappa shape index (κ3) is 2.52. The molecule has 1 aromatic carbocycles. The van der Waals surface area contributed by atoms with Crippen LogP contribution in [0, 0.1) is 0 Å². The van der Waals surface area contributed by atoms with Crippen molar-refractivity contribution < 1.29 is 12.6 Å². The summed E-state index contributed by atoms with van der Waals surface area (Å²) < 4.78 is 26.2. The van der Waals surface area contributed by atoms with Crippen molar-refractivity contribution in [2.75, 3.05) is 5.88 Å². The Morgan fingerprint density at radius 3 is 2.33 bits per heavy atom. The number of hydrogen-bond acceptors (Lipinski definition) is 4. The van der Waals surface area contributed by atoms with Crippen LogP contribution in [0.2, 0.25) is 0 Å². The highest BCUT2D eigenvalue weighted by Crippen LogP contribution is 2.10. The van der Waals surface area contributed by atoms with Crippen LogP contribution >= 0.6 is 0 Å². The van der Waals surface area contributed by atoms with E-state index in [2.05, 4.69) is 4.18 Å². The van der Waals surface area contributed by atoms with E-state index in [0.29, 0.717) is 0 Å². The lowest BCUT2D eigenvalue weighted by molar-refractivity contribution is 0.486. The minimum Gasteiger partial charge on any atom is -0.382 e. The molecular weight excluding hydrogens is 178 g/mol. The van der Waals surface area contributed by atoms with Crippen molar-refractivity contribution in [3.05, 3.63) is 30.3 Å². The molecule has 0 amide bonds. The summed E-state index contributed by atoms with van der Waals surface area (Å²) in [4.78, 5) is 0. The molecule has 0 spiro atoms. The molecule has 0 aliphatic heterocycles. The summed E-state index contributed by atoms with van der Waals surface area (Å²) in [6.45, 7) is 0. The topological polar surface area (TPSA) is 69.4 Å². The summed E-state index contributed by atoms with van der Waals surface area (Å²) in [5, 5.41) is 0. The zero-order chi connectivity index (χ0) is 9.03. The maximum absolute atomic E-state index is 10.8. The van der Waals surface area contributed by atoms with Crippen molar-refractivity contribution in [3.8, 4) is 5.75 Å². The van der Waals surface area contributed by atoms with Crippen molar-refractivity contribution in [1.82, 2.24) is 0 Å². The van der Waals surface area contributed by atoms with Gasteiger partial charge in [-0.1, -0.05) is 18.2 Å². The molecule has 0 atom stereocenters. The highest BCUT2D eigenvalue weighted by atomic mass is 32.2. The third-order valence-electron chi connectivity index (χ3n) is 1.17. The standard InChI is InChI=1S/C7H9NO3S/c8-6-12(9,10)11-7-4-2-1-3-5-7/h1-5H,6,8H2. The first-order valence-electron chi connectivity index (χ1n) is 3.31. The molecule has 0 heterocycles. The number of benzene rings is 1. The van der Waals surface area contributed by atoms with Gasteiger partial charge in [0.2, 0.25) is 0 Å². The number of hydrogen-bond donors (Lipinski definition) is 1. The second-order valence-corrected chi connectivity index (χ2v) is 3.74. The van der Waals surface area contributed by atoms with Crippen LogP contribution in [-0.4, -0.2) is 14.3 Å². The third-order valence-corrected chi connectivity index (χ3v) is 2.03. The first-order valence-corrected chi connectivity index (χ1v) is 4.89. The van der Waals surface area contributed by atoms with Crippen LogP contribution in [0.25, 0.3) is 0 Å². The quantitative estimate of drug-likeness (QED) is 0.691. The lowest BCUT2D eigenvalue weighted by Gasteiger charge is -2.02. The van der Waals surface area contributed by atoms with Gasteiger partial charge in [0.15, 0.2) is 0 Å². The van der Waals surface area contributed by atoms with Crippen LogP contribution in [0.3, 0.4) is 0 Å². The van der Waals surface area contributed by atoms with Crippen LogP contribution in [0.1, 0.15) is 0 Å². The molecule has 66 valence electrons. The predicted molar refractivity (Wildman–Crippen MR) is 45.0 cm³/mol. The Balaban J connectivity index is 2.78. The Bertz CT molecular complexity index is 333. The Hall–Kier alpha value is -1.07. The van der Waals surface area contributed by atoms with Crippen LogP contribution in [0.15, 0.2) is 30.3 Å². The van der Waals surface area contributed by atoms with E-state index >= 15 is 0 Å². The molecule has 0 bridgehead atoms. The number of para-hydroxylation sites is 1. The average molecular weight is 187 g/mol. The highest BCUT2D eigenvalue weighted by Gasteiger charge is 2.07. The summed E-state index contributed by atoms with van der Waals surface area (Å²) in [6, 6.07) is 8.23. The lowest BCUT2D eigenvalue weighted by atomic mass is 10.3. The van der Waals surface area contributed by atoms with Gasteiger partial charge in [-0.15, -0.1) is 0 Å². The zero-order valence-corrected chi connectivity index (χ0v) is 7.12. The van der Waals surface area contributed by atoms with Crippen molar-refractivity contribution in [1.29, 1.82) is 0 Å². The normalized spacial score (nSPS) is 11.1. The largest absolute Gasteiger partial charge is 0.382 e. The molecule has 1 aromatic rings. The van der Waals surface area contributed by atoms with Crippen molar-refractivity contribution in [3.63, 3.8) is 0 Å². The van der Waals surface area contributed by atoms with E-state index in [1.54, 1.807) is 30.3 Å². The first kappa shape index (κ1) is 9.02. The molecule has 5 heteroatoms. The van der Waals surface area contributed by atoms with Crippen molar-refractivity contribution in [2.24, 2.45) is 5.73 Å². The Morgan fingerprint density at radius 2 is 1.83 bits per heavy atom. The minimum absolute atomic E-state index is 0.281. The van der Waals surface area contributed by atoms with E-state index in [1.165, 1.54) is 0 Å². The van der Waals surface area contributed by atoms with Gasteiger partial charge in [0.25, 0.3) is 0 Å². The summed E-state index contributed by atoms with van der Waals surface area (Å²) >= 11 is 0. The molecule has 0 aliphatic carbocycles. The fourth-order valence-electron chi connectivity index (χ4n) is 0.657. The first-order chi connectivity index (χ1) is 5.64. The molecule has 1 rings (SSSR count). The fourth-order valence-corrected chi connectivity index (χ4v) is 1.13. The lowest BCUT2D eigenvalue weighted by Crippen LogP contribution is -2.19. The predicted octanol–water partition coefficient (Wildman–Crippen LogP) is 0.311.